The number of nitrogens with one attached hydrogen (secondary N) is 1. The van der Waals surface area contributed by atoms with Crippen LogP contribution < -0.4 is 14.4 Å². The molecule has 1 amide bonds. The molecule has 30 heavy (non-hydrogen) atoms. The van der Waals surface area contributed by atoms with Gasteiger partial charge in [0.15, 0.2) is 5.82 Å². The number of rotatable bonds is 6. The first-order valence-electron chi connectivity index (χ1n) is 8.06. The van der Waals surface area contributed by atoms with Crippen LogP contribution in [0, 0.1) is 11.3 Å². The second kappa shape index (κ2) is 8.49. The van der Waals surface area contributed by atoms with Crippen LogP contribution >= 0.6 is 0 Å². The van der Waals surface area contributed by atoms with Gasteiger partial charge in [-0.3, -0.25) is 4.79 Å². The summed E-state index contributed by atoms with van der Waals surface area (Å²) in [6.07, 6.45) is -3.46. The van der Waals surface area contributed by atoms with E-state index in [0.717, 1.165) is 24.3 Å². The van der Waals surface area contributed by atoms with E-state index in [1.54, 1.807) is 0 Å². The van der Waals surface area contributed by atoms with E-state index in [1.165, 1.54) is 29.2 Å². The predicted octanol–water partition coefficient (Wildman–Crippen LogP) is 3.57. The van der Waals surface area contributed by atoms with E-state index in [0.29, 0.717) is 5.69 Å². The summed E-state index contributed by atoms with van der Waals surface area (Å²) in [6, 6.07) is 8.41. The summed E-state index contributed by atoms with van der Waals surface area (Å²) in [5.74, 6) is -1.96. The highest BCUT2D eigenvalue weighted by Gasteiger charge is 2.31. The van der Waals surface area contributed by atoms with Crippen molar-refractivity contribution in [2.45, 2.75) is 13.0 Å². The minimum absolute atomic E-state index is 0.0943. The van der Waals surface area contributed by atoms with Gasteiger partial charge in [0.1, 0.15) is 35.8 Å². The first kappa shape index (κ1) is 20.6. The Balaban J connectivity index is 1.64. The maximum Gasteiger partial charge on any atom is 0.573 e. The Morgan fingerprint density at radius 1 is 1.17 bits per heavy atom. The van der Waals surface area contributed by atoms with Crippen LogP contribution in [0.5, 0.6) is 11.5 Å². The number of alkyl halides is 3. The first-order valence-corrected chi connectivity index (χ1v) is 8.06. The number of benzene rings is 2. The number of hydrogen-bond acceptors (Lipinski definition) is 6. The van der Waals surface area contributed by atoms with Gasteiger partial charge in [-0.1, -0.05) is 0 Å². The lowest BCUT2D eigenvalue weighted by molar-refractivity contribution is -0.274. The largest absolute Gasteiger partial charge is 0.573 e. The summed E-state index contributed by atoms with van der Waals surface area (Å²) in [5.41, 5.74) is 6.56. The maximum atomic E-state index is 13.9. The van der Waals surface area contributed by atoms with Crippen molar-refractivity contribution in [2.75, 3.05) is 0 Å². The van der Waals surface area contributed by atoms with Crippen molar-refractivity contribution in [3.63, 3.8) is 0 Å². The van der Waals surface area contributed by atoms with E-state index >= 15 is 0 Å². The summed E-state index contributed by atoms with van der Waals surface area (Å²) >= 11 is 0. The molecule has 154 valence electrons. The molecule has 9 nitrogen and oxygen atoms in total. The summed E-state index contributed by atoms with van der Waals surface area (Å²) in [4.78, 5) is 18.0. The van der Waals surface area contributed by atoms with Crippen LogP contribution in [0.3, 0.4) is 0 Å². The molecule has 0 radical (unpaired) electrons. The lowest BCUT2D eigenvalue weighted by atomic mass is 10.2. The zero-order valence-electron chi connectivity index (χ0n) is 14.8. The normalized spacial score (nSPS) is 10.9. The molecule has 0 aliphatic rings. The number of aromatic nitrogens is 3. The van der Waals surface area contributed by atoms with Gasteiger partial charge in [-0.25, -0.2) is 14.1 Å². The summed E-state index contributed by atoms with van der Waals surface area (Å²) in [6.45, 7) is -0.137. The molecular weight excluding hydrogens is 412 g/mol. The highest BCUT2D eigenvalue weighted by atomic mass is 19.4. The van der Waals surface area contributed by atoms with E-state index < -0.39 is 18.1 Å². The standard InChI is InChI=1S/C17H11F4N6O3/c18-14-7-12(5-6-13(14)16(28)24-26-22)29-8-15-23-9-27(25-15)10-1-3-11(4-2-10)30-17(19,20)21/h1-7,9,22H,8H2/q+1. The van der Waals surface area contributed by atoms with Crippen LogP contribution in [0.15, 0.2) is 53.9 Å². The van der Waals surface area contributed by atoms with Crippen molar-refractivity contribution in [3.05, 3.63) is 66.0 Å². The van der Waals surface area contributed by atoms with Crippen LogP contribution in [0.2, 0.25) is 0 Å². The van der Waals surface area contributed by atoms with Gasteiger partial charge in [0.05, 0.1) is 11.3 Å². The van der Waals surface area contributed by atoms with Gasteiger partial charge in [0, 0.05) is 6.07 Å². The van der Waals surface area contributed by atoms with Crippen molar-refractivity contribution in [1.82, 2.24) is 19.7 Å². The zero-order valence-corrected chi connectivity index (χ0v) is 14.8. The maximum absolute atomic E-state index is 13.9. The van der Waals surface area contributed by atoms with Gasteiger partial charge < -0.3 is 9.47 Å². The molecule has 0 saturated carbocycles. The molecule has 3 rings (SSSR count). The van der Waals surface area contributed by atoms with Gasteiger partial charge in [-0.2, -0.15) is 0 Å². The van der Waals surface area contributed by atoms with Crippen LogP contribution in [-0.2, 0) is 6.61 Å². The fraction of sp³-hybridized carbons (Fsp3) is 0.118. The third kappa shape index (κ3) is 5.23. The lowest BCUT2D eigenvalue weighted by Gasteiger charge is -2.09. The molecule has 0 aliphatic heterocycles. The Morgan fingerprint density at radius 2 is 1.87 bits per heavy atom. The molecule has 2 aromatic carbocycles. The van der Waals surface area contributed by atoms with Crippen LogP contribution in [0.4, 0.5) is 17.6 Å². The van der Waals surface area contributed by atoms with Crippen molar-refractivity contribution in [1.29, 1.82) is 5.53 Å². The van der Waals surface area contributed by atoms with Gasteiger partial charge in [-0.15, -0.1) is 18.3 Å². The molecule has 1 aromatic heterocycles. The average Bonchev–Trinajstić information content (AvgIpc) is 3.15. The number of ether oxygens (including phenoxy) is 2. The van der Waals surface area contributed by atoms with Crippen LogP contribution in [0.25, 0.3) is 5.69 Å². The highest BCUT2D eigenvalue weighted by molar-refractivity contribution is 5.94. The first-order chi connectivity index (χ1) is 14.2. The molecule has 0 spiro atoms. The van der Waals surface area contributed by atoms with E-state index in [-0.39, 0.29) is 29.5 Å². The third-order valence-electron chi connectivity index (χ3n) is 3.55. The molecule has 0 atom stereocenters. The monoisotopic (exact) mass is 423 g/mol. The van der Waals surface area contributed by atoms with Crippen LogP contribution in [-0.4, -0.2) is 27.0 Å². The second-order valence-corrected chi connectivity index (χ2v) is 5.58. The molecule has 0 unspecified atom stereocenters. The fourth-order valence-electron chi connectivity index (χ4n) is 2.29. The summed E-state index contributed by atoms with van der Waals surface area (Å²) in [5, 5.41) is 7.03. The molecule has 0 saturated heterocycles. The quantitative estimate of drug-likeness (QED) is 0.370. The molecule has 1 N–H and O–H groups in total. The molecular formula is C17H11F4N6O3+. The molecule has 1 heterocycles. The second-order valence-electron chi connectivity index (χ2n) is 5.58. The van der Waals surface area contributed by atoms with E-state index in [9.17, 15) is 22.4 Å². The molecule has 3 aromatic rings. The van der Waals surface area contributed by atoms with Gasteiger partial charge in [-0.05, 0) is 36.4 Å². The summed E-state index contributed by atoms with van der Waals surface area (Å²) in [7, 11) is 0. The highest BCUT2D eigenvalue weighted by Crippen LogP contribution is 2.23. The molecule has 0 bridgehead atoms. The number of carbonyl (C=O) groups is 1. The van der Waals surface area contributed by atoms with Crippen molar-refractivity contribution in [2.24, 2.45) is 5.11 Å². The van der Waals surface area contributed by atoms with Crippen LogP contribution in [0.1, 0.15) is 16.2 Å². The van der Waals surface area contributed by atoms with Crippen molar-refractivity contribution >= 4 is 5.91 Å². The third-order valence-corrected chi connectivity index (χ3v) is 3.55. The Morgan fingerprint density at radius 3 is 2.50 bits per heavy atom. The molecule has 0 fully saturated rings. The Kier molecular flexibility index (Phi) is 5.83. The number of halogens is 4. The summed E-state index contributed by atoms with van der Waals surface area (Å²) < 4.78 is 61.0. The number of amides is 1. The topological polar surface area (TPSA) is 117 Å². The lowest BCUT2D eigenvalue weighted by Crippen LogP contribution is -2.17. The SMILES string of the molecule is N=[N+]=NC(=O)c1ccc(OCc2ncn(-c3ccc(OC(F)(F)F)cc3)n2)cc1F. The average molecular weight is 423 g/mol. The fourth-order valence-corrected chi connectivity index (χ4v) is 2.29. The van der Waals surface area contributed by atoms with E-state index in [2.05, 4.69) is 24.8 Å². The number of nitrogens with zero attached hydrogens (tertiary/aromatic N) is 5. The smallest absolute Gasteiger partial charge is 0.485 e. The Labute approximate surface area is 165 Å². The van der Waals surface area contributed by atoms with E-state index in [1.807, 2.05) is 0 Å². The zero-order chi connectivity index (χ0) is 21.7. The predicted molar refractivity (Wildman–Crippen MR) is 90.4 cm³/mol. The van der Waals surface area contributed by atoms with Gasteiger partial charge in [0.25, 0.3) is 0 Å². The van der Waals surface area contributed by atoms with Gasteiger partial charge in [0.2, 0.25) is 10.0 Å². The van der Waals surface area contributed by atoms with Crippen molar-refractivity contribution < 1.29 is 31.8 Å². The van der Waals surface area contributed by atoms with Crippen molar-refractivity contribution in [3.8, 4) is 17.2 Å². The molecule has 0 aliphatic carbocycles. The minimum Gasteiger partial charge on any atom is -0.485 e. The molecule has 13 heteroatoms. The Bertz CT molecular complexity index is 1110. The van der Waals surface area contributed by atoms with E-state index in [4.69, 9.17) is 10.3 Å². The van der Waals surface area contributed by atoms with Gasteiger partial charge >= 0.3 is 12.3 Å². The number of carbonyl (C=O) groups excluding carboxylic acids is 1. The number of hydrogen-bond donors (Lipinski definition) is 1. The Hall–Kier alpha value is -4.12. The minimum atomic E-state index is -4.78.